The molecule has 2 aromatic heterocycles. The number of para-hydroxylation sites is 1. The summed E-state index contributed by atoms with van der Waals surface area (Å²) in [4.78, 5) is 47.4. The molecular weight excluding hydrogens is 616 g/mol. The lowest BCUT2D eigenvalue weighted by Crippen LogP contribution is -2.38. The van der Waals surface area contributed by atoms with Crippen LogP contribution >= 0.6 is 0 Å². The highest BCUT2D eigenvalue weighted by atomic mass is 16.5. The van der Waals surface area contributed by atoms with E-state index in [4.69, 9.17) is 19.4 Å². The van der Waals surface area contributed by atoms with Gasteiger partial charge in [-0.05, 0) is 93.5 Å². The highest BCUT2D eigenvalue weighted by molar-refractivity contribution is 5.97. The number of aromatic nitrogens is 4. The Morgan fingerprint density at radius 3 is 2.35 bits per heavy atom. The van der Waals surface area contributed by atoms with Crippen LogP contribution in [0.2, 0.25) is 0 Å². The van der Waals surface area contributed by atoms with Crippen molar-refractivity contribution in [1.82, 2.24) is 29.7 Å². The molecule has 5 heterocycles. The van der Waals surface area contributed by atoms with E-state index in [-0.39, 0.29) is 30.0 Å². The smallest absolute Gasteiger partial charge is 0.258 e. The fourth-order valence-corrected chi connectivity index (χ4v) is 7.37. The number of benzene rings is 3. The largest absolute Gasteiger partial charge is 0.493 e. The number of amides is 2. The van der Waals surface area contributed by atoms with Crippen LogP contribution in [0.1, 0.15) is 97.1 Å². The fourth-order valence-electron chi connectivity index (χ4n) is 7.37. The van der Waals surface area contributed by atoms with Gasteiger partial charge in [-0.3, -0.25) is 9.59 Å². The summed E-state index contributed by atoms with van der Waals surface area (Å²) in [5, 5.41) is 0. The zero-order valence-corrected chi connectivity index (χ0v) is 27.7. The van der Waals surface area contributed by atoms with Crippen molar-refractivity contribution in [3.05, 3.63) is 89.0 Å². The summed E-state index contributed by atoms with van der Waals surface area (Å²) in [6, 6.07) is 19.2. The molecule has 49 heavy (non-hydrogen) atoms. The van der Waals surface area contributed by atoms with Crippen molar-refractivity contribution in [2.75, 3.05) is 26.3 Å². The summed E-state index contributed by atoms with van der Waals surface area (Å²) in [5.74, 6) is 8.89. The number of carbonyl (C=O) groups excluding carboxylic acids is 2. The summed E-state index contributed by atoms with van der Waals surface area (Å²) in [5.41, 5.74) is 5.81. The van der Waals surface area contributed by atoms with Gasteiger partial charge < -0.3 is 29.2 Å². The third-order valence-electron chi connectivity index (χ3n) is 9.82. The molecule has 3 aliphatic rings. The Bertz CT molecular complexity index is 2080. The molecule has 3 saturated heterocycles. The monoisotopic (exact) mass is 656 g/mol. The molecule has 10 nitrogen and oxygen atoms in total. The summed E-state index contributed by atoms with van der Waals surface area (Å²) >= 11 is 0. The number of hydrogen-bond donors (Lipinski definition) is 2. The minimum absolute atomic E-state index is 0.0325. The summed E-state index contributed by atoms with van der Waals surface area (Å²) in [7, 11) is 0. The van der Waals surface area contributed by atoms with Crippen LogP contribution in [0, 0.1) is 11.8 Å². The molecule has 5 aromatic rings. The van der Waals surface area contributed by atoms with Crippen LogP contribution in [-0.4, -0.2) is 74.0 Å². The second-order valence-electron chi connectivity index (χ2n) is 13.2. The minimum Gasteiger partial charge on any atom is -0.493 e. The van der Waals surface area contributed by atoms with Crippen LogP contribution in [0.5, 0.6) is 5.75 Å². The van der Waals surface area contributed by atoms with Crippen molar-refractivity contribution in [2.45, 2.75) is 70.1 Å². The number of rotatable bonds is 7. The van der Waals surface area contributed by atoms with E-state index in [9.17, 15) is 9.59 Å². The van der Waals surface area contributed by atoms with Crippen molar-refractivity contribution in [3.8, 4) is 17.6 Å². The Labute approximate surface area is 285 Å². The minimum atomic E-state index is -0.320. The average Bonchev–Trinajstić information content (AvgIpc) is 3.98. The van der Waals surface area contributed by atoms with Gasteiger partial charge in [0.1, 0.15) is 23.5 Å². The Balaban J connectivity index is 0.989. The predicted octanol–water partition coefficient (Wildman–Crippen LogP) is 6.45. The van der Waals surface area contributed by atoms with Crippen LogP contribution in [0.4, 0.5) is 0 Å². The van der Waals surface area contributed by atoms with Gasteiger partial charge in [0.15, 0.2) is 0 Å². The Morgan fingerprint density at radius 1 is 0.837 bits per heavy atom. The van der Waals surface area contributed by atoms with Crippen molar-refractivity contribution >= 4 is 33.9 Å². The van der Waals surface area contributed by atoms with Crippen LogP contribution in [0.15, 0.2) is 60.7 Å². The molecule has 3 aromatic carbocycles. The number of aromatic amines is 2. The number of fused-ring (bicyclic) bond motifs is 2. The van der Waals surface area contributed by atoms with E-state index in [1.807, 2.05) is 70.5 Å². The van der Waals surface area contributed by atoms with Crippen molar-refractivity contribution < 1.29 is 19.1 Å². The van der Waals surface area contributed by atoms with Gasteiger partial charge in [0, 0.05) is 30.8 Å². The van der Waals surface area contributed by atoms with E-state index in [1.165, 1.54) is 0 Å². The van der Waals surface area contributed by atoms with Gasteiger partial charge in [-0.15, -0.1) is 0 Å². The lowest BCUT2D eigenvalue weighted by Gasteiger charge is -2.25. The maximum Gasteiger partial charge on any atom is 0.258 e. The predicted molar refractivity (Wildman–Crippen MR) is 186 cm³/mol. The summed E-state index contributed by atoms with van der Waals surface area (Å²) < 4.78 is 11.6. The van der Waals surface area contributed by atoms with E-state index in [1.54, 1.807) is 0 Å². The molecule has 2 N–H and O–H groups in total. The number of ether oxygens (including phenoxy) is 2. The Morgan fingerprint density at radius 2 is 1.55 bits per heavy atom. The summed E-state index contributed by atoms with van der Waals surface area (Å²) in [6.45, 7) is 4.69. The quantitative estimate of drug-likeness (QED) is 0.195. The molecule has 0 bridgehead atoms. The van der Waals surface area contributed by atoms with Crippen LogP contribution in [-0.2, 0) is 9.53 Å². The Kier molecular flexibility index (Phi) is 8.52. The number of nitrogens with one attached hydrogen (secondary N) is 2. The van der Waals surface area contributed by atoms with Crippen molar-refractivity contribution in [1.29, 1.82) is 0 Å². The first-order chi connectivity index (χ1) is 24.1. The second kappa shape index (κ2) is 13.4. The number of hydrogen-bond acceptors (Lipinski definition) is 6. The number of nitrogens with zero attached hydrogens (tertiary/aromatic N) is 4. The first kappa shape index (κ1) is 31.1. The van der Waals surface area contributed by atoms with Gasteiger partial charge in [-0.1, -0.05) is 30.9 Å². The lowest BCUT2D eigenvalue weighted by molar-refractivity contribution is -0.142. The molecule has 8 rings (SSSR count). The van der Waals surface area contributed by atoms with Gasteiger partial charge in [0.05, 0.1) is 46.3 Å². The molecule has 3 fully saturated rings. The highest BCUT2D eigenvalue weighted by Crippen LogP contribution is 2.35. The zero-order chi connectivity index (χ0) is 33.3. The molecule has 3 atom stereocenters. The lowest BCUT2D eigenvalue weighted by atomic mass is 10.1. The van der Waals surface area contributed by atoms with E-state index in [2.05, 4.69) is 28.7 Å². The normalized spacial score (nSPS) is 20.6. The van der Waals surface area contributed by atoms with E-state index >= 15 is 0 Å². The summed E-state index contributed by atoms with van der Waals surface area (Å²) in [6.07, 6.45) is 5.89. The number of H-pyrrole nitrogens is 2. The molecule has 0 saturated carbocycles. The number of carbonyl (C=O) groups is 2. The maximum absolute atomic E-state index is 13.7. The molecule has 0 radical (unpaired) electrons. The SMILES string of the molecule is CCCOc1ccccc1C(=O)N1CCC[C@H]1c1nc2ccc(C#Cc3ccc4[nH]c([C@@H]5CCCN5C(=O)[C@H]5CCCO5)nc4c3)cc2[nH]1. The fraction of sp³-hybridized carbons (Fsp3) is 0.385. The maximum atomic E-state index is 13.7. The molecule has 250 valence electrons. The second-order valence-corrected chi connectivity index (χ2v) is 13.2. The molecule has 0 unspecified atom stereocenters. The van der Waals surface area contributed by atoms with Gasteiger partial charge in [0.2, 0.25) is 0 Å². The van der Waals surface area contributed by atoms with Crippen LogP contribution in [0.3, 0.4) is 0 Å². The molecule has 10 heteroatoms. The first-order valence-corrected chi connectivity index (χ1v) is 17.5. The van der Waals surface area contributed by atoms with Gasteiger partial charge in [-0.2, -0.15) is 0 Å². The standard InChI is InChI=1S/C39H40N6O4/c1-2-21-48-34-11-4-3-8-27(34)38(46)44-19-5-9-32(44)36-40-28-17-15-25(23-30(28)42-36)13-14-26-16-18-29-31(24-26)43-37(41-29)33-10-6-20-45(33)39(47)35-12-7-22-49-35/h3-4,8,11,15-18,23-24,32-33,35H,2,5-7,9-10,12,19-22H2,1H3,(H,40,42)(H,41,43)/t32-,33-,35+/m0/s1. The zero-order valence-electron chi connectivity index (χ0n) is 27.7. The van der Waals surface area contributed by atoms with Crippen LogP contribution in [0.25, 0.3) is 22.1 Å². The molecule has 0 spiro atoms. The third kappa shape index (κ3) is 6.15. The van der Waals surface area contributed by atoms with Crippen molar-refractivity contribution in [2.24, 2.45) is 0 Å². The van der Waals surface area contributed by atoms with Crippen molar-refractivity contribution in [3.63, 3.8) is 0 Å². The van der Waals surface area contributed by atoms with Gasteiger partial charge in [-0.25, -0.2) is 9.97 Å². The van der Waals surface area contributed by atoms with Gasteiger partial charge >= 0.3 is 0 Å². The topological polar surface area (TPSA) is 116 Å². The van der Waals surface area contributed by atoms with Crippen LogP contribution < -0.4 is 4.74 Å². The third-order valence-corrected chi connectivity index (χ3v) is 9.82. The number of imidazole rings is 2. The molecule has 2 amide bonds. The number of likely N-dealkylation sites (tertiary alicyclic amines) is 2. The van der Waals surface area contributed by atoms with Gasteiger partial charge in [0.25, 0.3) is 11.8 Å². The molecule has 3 aliphatic heterocycles. The molecular formula is C39H40N6O4. The average molecular weight is 657 g/mol. The first-order valence-electron chi connectivity index (χ1n) is 17.5. The highest BCUT2D eigenvalue weighted by Gasteiger charge is 2.37. The van der Waals surface area contributed by atoms with E-state index in [0.717, 1.165) is 96.3 Å². The van der Waals surface area contributed by atoms with E-state index < -0.39 is 0 Å². The molecule has 0 aliphatic carbocycles. The Hall–Kier alpha value is -5.14. The van der Waals surface area contributed by atoms with E-state index in [0.29, 0.717) is 31.1 Å².